The highest BCUT2D eigenvalue weighted by Gasteiger charge is 2.28. The van der Waals surface area contributed by atoms with Crippen LogP contribution in [0.1, 0.15) is 51.0 Å². The SMILES string of the molecule is COc1ccc(OCCCC(=O)N(Cc2ccc(Cl)cc2Cl)[C@@H](C)C(=O)NC2CCCC2)cc1. The quantitative estimate of drug-likeness (QED) is 0.400. The zero-order valence-corrected chi connectivity index (χ0v) is 21.2. The number of hydrogen-bond donors (Lipinski definition) is 1. The van der Waals surface area contributed by atoms with E-state index in [1.165, 1.54) is 0 Å². The summed E-state index contributed by atoms with van der Waals surface area (Å²) in [6.07, 6.45) is 4.98. The number of amides is 2. The zero-order valence-electron chi connectivity index (χ0n) is 19.7. The molecule has 1 saturated carbocycles. The second kappa shape index (κ2) is 12.9. The standard InChI is InChI=1S/C26H32Cl2N2O4/c1-18(26(32)29-21-6-3-4-7-21)30(17-19-9-10-20(27)16-24(19)28)25(31)8-5-15-34-23-13-11-22(33-2)12-14-23/h9-14,16,18,21H,3-8,15,17H2,1-2H3,(H,29,32)/t18-/m0/s1. The number of nitrogens with one attached hydrogen (secondary N) is 1. The number of nitrogens with zero attached hydrogens (tertiary/aromatic N) is 1. The number of methoxy groups -OCH3 is 1. The van der Waals surface area contributed by atoms with Gasteiger partial charge in [0.2, 0.25) is 11.8 Å². The molecule has 2 amide bonds. The van der Waals surface area contributed by atoms with Gasteiger partial charge in [0.05, 0.1) is 13.7 Å². The summed E-state index contributed by atoms with van der Waals surface area (Å²) in [6, 6.07) is 12.0. The summed E-state index contributed by atoms with van der Waals surface area (Å²) in [6.45, 7) is 2.38. The Bertz CT molecular complexity index is 962. The van der Waals surface area contributed by atoms with E-state index in [1.807, 2.05) is 24.3 Å². The molecule has 0 spiro atoms. The zero-order chi connectivity index (χ0) is 24.5. The summed E-state index contributed by atoms with van der Waals surface area (Å²) in [5.41, 5.74) is 0.745. The van der Waals surface area contributed by atoms with Crippen molar-refractivity contribution in [2.75, 3.05) is 13.7 Å². The molecule has 2 aromatic carbocycles. The molecule has 0 heterocycles. The molecule has 2 aromatic rings. The second-order valence-corrected chi connectivity index (χ2v) is 9.39. The lowest BCUT2D eigenvalue weighted by Crippen LogP contribution is -2.49. The van der Waals surface area contributed by atoms with Crippen molar-refractivity contribution in [3.05, 3.63) is 58.1 Å². The van der Waals surface area contributed by atoms with Crippen LogP contribution in [-0.4, -0.2) is 42.5 Å². The third-order valence-electron chi connectivity index (χ3n) is 6.09. The normalized spacial score (nSPS) is 14.5. The van der Waals surface area contributed by atoms with Gasteiger partial charge >= 0.3 is 0 Å². The molecule has 3 rings (SSSR count). The Hall–Kier alpha value is -2.44. The Kier molecular flexibility index (Phi) is 9.90. The molecule has 0 unspecified atom stereocenters. The Morgan fingerprint density at radius 2 is 1.76 bits per heavy atom. The Labute approximate surface area is 211 Å². The molecule has 1 N–H and O–H groups in total. The number of carbonyl (C=O) groups is 2. The monoisotopic (exact) mass is 506 g/mol. The van der Waals surface area contributed by atoms with E-state index in [4.69, 9.17) is 32.7 Å². The van der Waals surface area contributed by atoms with Crippen LogP contribution in [0.3, 0.4) is 0 Å². The maximum absolute atomic E-state index is 13.2. The van der Waals surface area contributed by atoms with Crippen LogP contribution in [0, 0.1) is 0 Å². The summed E-state index contributed by atoms with van der Waals surface area (Å²) in [5, 5.41) is 4.09. The molecule has 184 valence electrons. The molecule has 0 aromatic heterocycles. The molecule has 8 heteroatoms. The van der Waals surface area contributed by atoms with Crippen molar-refractivity contribution in [2.45, 2.75) is 64.1 Å². The predicted octanol–water partition coefficient (Wildman–Crippen LogP) is 5.64. The van der Waals surface area contributed by atoms with Crippen molar-refractivity contribution in [2.24, 2.45) is 0 Å². The highest BCUT2D eigenvalue weighted by molar-refractivity contribution is 6.35. The van der Waals surface area contributed by atoms with E-state index >= 15 is 0 Å². The van der Waals surface area contributed by atoms with E-state index in [2.05, 4.69) is 5.32 Å². The molecule has 1 fully saturated rings. The number of carbonyl (C=O) groups excluding carboxylic acids is 2. The number of ether oxygens (including phenoxy) is 2. The fourth-order valence-corrected chi connectivity index (χ4v) is 4.51. The molecular formula is C26H32Cl2N2O4. The summed E-state index contributed by atoms with van der Waals surface area (Å²) in [7, 11) is 1.61. The van der Waals surface area contributed by atoms with E-state index in [1.54, 1.807) is 37.1 Å². The molecule has 34 heavy (non-hydrogen) atoms. The van der Waals surface area contributed by atoms with Gasteiger partial charge in [0.25, 0.3) is 0 Å². The van der Waals surface area contributed by atoms with Crippen molar-refractivity contribution in [3.63, 3.8) is 0 Å². The Morgan fingerprint density at radius 1 is 1.09 bits per heavy atom. The van der Waals surface area contributed by atoms with Gasteiger partial charge < -0.3 is 19.7 Å². The van der Waals surface area contributed by atoms with Crippen LogP contribution in [0.4, 0.5) is 0 Å². The number of rotatable bonds is 11. The van der Waals surface area contributed by atoms with Crippen LogP contribution in [-0.2, 0) is 16.1 Å². The fourth-order valence-electron chi connectivity index (χ4n) is 4.04. The van der Waals surface area contributed by atoms with Gasteiger partial charge in [-0.25, -0.2) is 0 Å². The van der Waals surface area contributed by atoms with Crippen LogP contribution in [0.5, 0.6) is 11.5 Å². The van der Waals surface area contributed by atoms with Gasteiger partial charge in [0, 0.05) is 29.1 Å². The summed E-state index contributed by atoms with van der Waals surface area (Å²) >= 11 is 12.4. The first kappa shape index (κ1) is 26.2. The average Bonchev–Trinajstić information content (AvgIpc) is 3.34. The predicted molar refractivity (Wildman–Crippen MR) is 135 cm³/mol. The van der Waals surface area contributed by atoms with Crippen LogP contribution >= 0.6 is 23.2 Å². The Balaban J connectivity index is 1.61. The van der Waals surface area contributed by atoms with E-state index in [-0.39, 0.29) is 30.8 Å². The van der Waals surface area contributed by atoms with E-state index in [0.29, 0.717) is 28.8 Å². The van der Waals surface area contributed by atoms with Gasteiger partial charge in [-0.3, -0.25) is 9.59 Å². The molecule has 1 atom stereocenters. The lowest BCUT2D eigenvalue weighted by atomic mass is 10.1. The first-order valence-corrected chi connectivity index (χ1v) is 12.4. The van der Waals surface area contributed by atoms with Gasteiger partial charge in [0.15, 0.2) is 0 Å². The number of benzene rings is 2. The highest BCUT2D eigenvalue weighted by atomic mass is 35.5. The van der Waals surface area contributed by atoms with Gasteiger partial charge in [-0.2, -0.15) is 0 Å². The third kappa shape index (κ3) is 7.54. The first-order valence-electron chi connectivity index (χ1n) is 11.7. The molecular weight excluding hydrogens is 475 g/mol. The topological polar surface area (TPSA) is 67.9 Å². The largest absolute Gasteiger partial charge is 0.497 e. The molecule has 0 aliphatic heterocycles. The minimum Gasteiger partial charge on any atom is -0.497 e. The smallest absolute Gasteiger partial charge is 0.242 e. The first-order chi connectivity index (χ1) is 16.4. The van der Waals surface area contributed by atoms with Gasteiger partial charge in [-0.05, 0) is 68.1 Å². The van der Waals surface area contributed by atoms with Crippen LogP contribution in [0.25, 0.3) is 0 Å². The molecule has 0 radical (unpaired) electrons. The Morgan fingerprint density at radius 3 is 2.41 bits per heavy atom. The number of hydrogen-bond acceptors (Lipinski definition) is 4. The maximum Gasteiger partial charge on any atom is 0.242 e. The highest BCUT2D eigenvalue weighted by Crippen LogP contribution is 2.24. The van der Waals surface area contributed by atoms with E-state index in [0.717, 1.165) is 37.0 Å². The van der Waals surface area contributed by atoms with Crippen molar-refractivity contribution >= 4 is 35.0 Å². The molecule has 6 nitrogen and oxygen atoms in total. The summed E-state index contributed by atoms with van der Waals surface area (Å²) in [5.74, 6) is 1.20. The van der Waals surface area contributed by atoms with Crippen LogP contribution in [0.2, 0.25) is 10.0 Å². The molecule has 1 aliphatic rings. The lowest BCUT2D eigenvalue weighted by Gasteiger charge is -2.30. The summed E-state index contributed by atoms with van der Waals surface area (Å²) in [4.78, 5) is 27.7. The maximum atomic E-state index is 13.2. The van der Waals surface area contributed by atoms with Crippen LogP contribution < -0.4 is 14.8 Å². The fraction of sp³-hybridized carbons (Fsp3) is 0.462. The van der Waals surface area contributed by atoms with Gasteiger partial charge in [-0.1, -0.05) is 42.1 Å². The third-order valence-corrected chi connectivity index (χ3v) is 6.67. The van der Waals surface area contributed by atoms with E-state index < -0.39 is 6.04 Å². The van der Waals surface area contributed by atoms with Crippen molar-refractivity contribution < 1.29 is 19.1 Å². The van der Waals surface area contributed by atoms with Crippen molar-refractivity contribution in [3.8, 4) is 11.5 Å². The van der Waals surface area contributed by atoms with Crippen molar-refractivity contribution in [1.82, 2.24) is 10.2 Å². The second-order valence-electron chi connectivity index (χ2n) is 8.55. The summed E-state index contributed by atoms with van der Waals surface area (Å²) < 4.78 is 10.9. The van der Waals surface area contributed by atoms with E-state index in [9.17, 15) is 9.59 Å². The van der Waals surface area contributed by atoms with Gasteiger partial charge in [-0.15, -0.1) is 0 Å². The van der Waals surface area contributed by atoms with Crippen molar-refractivity contribution in [1.29, 1.82) is 0 Å². The van der Waals surface area contributed by atoms with Crippen LogP contribution in [0.15, 0.2) is 42.5 Å². The minimum atomic E-state index is -0.623. The molecule has 1 aliphatic carbocycles. The molecule has 0 saturated heterocycles. The van der Waals surface area contributed by atoms with Gasteiger partial charge in [0.1, 0.15) is 17.5 Å². The molecule has 0 bridgehead atoms. The average molecular weight is 507 g/mol. The minimum absolute atomic E-state index is 0.126. The lowest BCUT2D eigenvalue weighted by molar-refractivity contribution is -0.141. The number of halogens is 2.